The van der Waals surface area contributed by atoms with Crippen LogP contribution in [0, 0.1) is 12.8 Å². The standard InChI is InChI=1S/C13H22N2S/c1-10-15-13(9-16-10)8-11-5-3-4-6-12(7-11)14-2/h9,11-12,14H,3-8H2,1-2H3. The van der Waals surface area contributed by atoms with Gasteiger partial charge in [0.25, 0.3) is 0 Å². The third-order valence-electron chi connectivity index (χ3n) is 3.61. The lowest BCUT2D eigenvalue weighted by atomic mass is 9.93. The van der Waals surface area contributed by atoms with E-state index in [0.717, 1.165) is 12.0 Å². The molecule has 0 aliphatic heterocycles. The van der Waals surface area contributed by atoms with E-state index in [1.54, 1.807) is 11.3 Å². The number of hydrogen-bond acceptors (Lipinski definition) is 3. The van der Waals surface area contributed by atoms with Crippen molar-refractivity contribution in [1.82, 2.24) is 10.3 Å². The lowest BCUT2D eigenvalue weighted by Gasteiger charge is -2.18. The Morgan fingerprint density at radius 1 is 1.44 bits per heavy atom. The third-order valence-corrected chi connectivity index (χ3v) is 4.43. The van der Waals surface area contributed by atoms with Gasteiger partial charge in [0.1, 0.15) is 0 Å². The topological polar surface area (TPSA) is 24.9 Å². The predicted octanol–water partition coefficient (Wildman–Crippen LogP) is 3.16. The number of hydrogen-bond donors (Lipinski definition) is 1. The van der Waals surface area contributed by atoms with Gasteiger partial charge < -0.3 is 5.32 Å². The van der Waals surface area contributed by atoms with Gasteiger partial charge >= 0.3 is 0 Å². The van der Waals surface area contributed by atoms with Gasteiger partial charge in [0.05, 0.1) is 10.7 Å². The van der Waals surface area contributed by atoms with Crippen LogP contribution in [0.4, 0.5) is 0 Å². The second-order valence-electron chi connectivity index (χ2n) is 4.93. The van der Waals surface area contributed by atoms with Gasteiger partial charge in [0.2, 0.25) is 0 Å². The molecule has 1 aliphatic carbocycles. The summed E-state index contributed by atoms with van der Waals surface area (Å²) in [6.07, 6.45) is 8.03. The van der Waals surface area contributed by atoms with Gasteiger partial charge in [-0.15, -0.1) is 11.3 Å². The molecule has 0 radical (unpaired) electrons. The second kappa shape index (κ2) is 5.78. The first-order chi connectivity index (χ1) is 7.78. The number of nitrogens with one attached hydrogen (secondary N) is 1. The molecule has 1 aromatic rings. The normalized spacial score (nSPS) is 26.6. The Morgan fingerprint density at radius 2 is 2.25 bits per heavy atom. The number of aromatic nitrogens is 1. The van der Waals surface area contributed by atoms with Crippen molar-refractivity contribution >= 4 is 11.3 Å². The molecule has 2 atom stereocenters. The highest BCUT2D eigenvalue weighted by Crippen LogP contribution is 2.26. The lowest BCUT2D eigenvalue weighted by Crippen LogP contribution is -2.26. The molecule has 2 unspecified atom stereocenters. The molecule has 0 aromatic carbocycles. The Bertz CT molecular complexity index is 321. The first-order valence-electron chi connectivity index (χ1n) is 6.36. The van der Waals surface area contributed by atoms with Gasteiger partial charge in [0, 0.05) is 11.4 Å². The van der Waals surface area contributed by atoms with Crippen molar-refractivity contribution < 1.29 is 0 Å². The molecule has 1 aliphatic rings. The Hall–Kier alpha value is -0.410. The van der Waals surface area contributed by atoms with E-state index in [4.69, 9.17) is 0 Å². The summed E-state index contributed by atoms with van der Waals surface area (Å²) in [7, 11) is 2.10. The zero-order chi connectivity index (χ0) is 11.4. The second-order valence-corrected chi connectivity index (χ2v) is 6.00. The summed E-state index contributed by atoms with van der Waals surface area (Å²) in [6, 6.07) is 0.729. The number of rotatable bonds is 3. The largest absolute Gasteiger partial charge is 0.317 e. The van der Waals surface area contributed by atoms with Gasteiger partial charge in [-0.05, 0) is 39.2 Å². The average molecular weight is 238 g/mol. The van der Waals surface area contributed by atoms with E-state index in [9.17, 15) is 0 Å². The molecule has 1 N–H and O–H groups in total. The van der Waals surface area contributed by atoms with E-state index in [-0.39, 0.29) is 0 Å². The minimum atomic E-state index is 0.729. The maximum absolute atomic E-state index is 4.58. The molecule has 0 bridgehead atoms. The zero-order valence-electron chi connectivity index (χ0n) is 10.3. The minimum absolute atomic E-state index is 0.729. The van der Waals surface area contributed by atoms with E-state index in [0.29, 0.717) is 0 Å². The smallest absolute Gasteiger partial charge is 0.0897 e. The molecule has 90 valence electrons. The van der Waals surface area contributed by atoms with E-state index in [2.05, 4.69) is 29.7 Å². The van der Waals surface area contributed by atoms with E-state index >= 15 is 0 Å². The molecule has 1 heterocycles. The summed E-state index contributed by atoms with van der Waals surface area (Å²) in [5, 5.41) is 6.88. The fraction of sp³-hybridized carbons (Fsp3) is 0.769. The van der Waals surface area contributed by atoms with Gasteiger partial charge in [-0.25, -0.2) is 4.98 Å². The molecular formula is C13H22N2S. The summed E-state index contributed by atoms with van der Waals surface area (Å²) >= 11 is 1.78. The predicted molar refractivity (Wildman–Crippen MR) is 70.0 cm³/mol. The van der Waals surface area contributed by atoms with Crippen LogP contribution in [0.1, 0.15) is 42.8 Å². The van der Waals surface area contributed by atoms with Crippen LogP contribution < -0.4 is 5.32 Å². The van der Waals surface area contributed by atoms with Gasteiger partial charge in [-0.1, -0.05) is 19.3 Å². The Morgan fingerprint density at radius 3 is 2.94 bits per heavy atom. The van der Waals surface area contributed by atoms with E-state index in [1.807, 2.05) is 0 Å². The van der Waals surface area contributed by atoms with Crippen LogP contribution in [-0.4, -0.2) is 18.1 Å². The summed E-state index contributed by atoms with van der Waals surface area (Å²) < 4.78 is 0. The van der Waals surface area contributed by atoms with Crippen molar-refractivity contribution in [2.75, 3.05) is 7.05 Å². The third kappa shape index (κ3) is 3.29. The maximum atomic E-state index is 4.58. The molecule has 3 heteroatoms. The van der Waals surface area contributed by atoms with Crippen molar-refractivity contribution in [2.45, 2.75) is 51.5 Å². The SMILES string of the molecule is CNC1CCCCC(Cc2csc(C)n2)C1. The maximum Gasteiger partial charge on any atom is 0.0897 e. The average Bonchev–Trinajstić information content (AvgIpc) is 2.55. The molecular weight excluding hydrogens is 216 g/mol. The molecule has 1 aromatic heterocycles. The fourth-order valence-corrected chi connectivity index (χ4v) is 3.33. The Kier molecular flexibility index (Phi) is 4.36. The van der Waals surface area contributed by atoms with Crippen molar-refractivity contribution in [1.29, 1.82) is 0 Å². The van der Waals surface area contributed by atoms with E-state index in [1.165, 1.54) is 49.2 Å². The molecule has 0 spiro atoms. The Labute approximate surface area is 102 Å². The van der Waals surface area contributed by atoms with Crippen molar-refractivity contribution in [3.05, 3.63) is 16.1 Å². The van der Waals surface area contributed by atoms with Crippen LogP contribution in [0.2, 0.25) is 0 Å². The fourth-order valence-electron chi connectivity index (χ4n) is 2.71. The minimum Gasteiger partial charge on any atom is -0.317 e. The highest BCUT2D eigenvalue weighted by molar-refractivity contribution is 7.09. The van der Waals surface area contributed by atoms with Crippen LogP contribution in [0.3, 0.4) is 0 Å². The Balaban J connectivity index is 1.92. The number of aryl methyl sites for hydroxylation is 1. The van der Waals surface area contributed by atoms with Crippen LogP contribution >= 0.6 is 11.3 Å². The van der Waals surface area contributed by atoms with Crippen molar-refractivity contribution in [3.63, 3.8) is 0 Å². The molecule has 2 nitrogen and oxygen atoms in total. The number of thiazole rings is 1. The molecule has 1 fully saturated rings. The highest BCUT2D eigenvalue weighted by Gasteiger charge is 2.19. The van der Waals surface area contributed by atoms with Crippen molar-refractivity contribution in [2.24, 2.45) is 5.92 Å². The quantitative estimate of drug-likeness (QED) is 0.818. The number of nitrogens with zero attached hydrogens (tertiary/aromatic N) is 1. The van der Waals surface area contributed by atoms with Crippen LogP contribution in [0.25, 0.3) is 0 Å². The molecule has 2 rings (SSSR count). The summed E-state index contributed by atoms with van der Waals surface area (Å²) in [6.45, 7) is 2.09. The van der Waals surface area contributed by atoms with Gasteiger partial charge in [0.15, 0.2) is 0 Å². The van der Waals surface area contributed by atoms with Crippen LogP contribution in [-0.2, 0) is 6.42 Å². The molecule has 0 saturated heterocycles. The zero-order valence-corrected chi connectivity index (χ0v) is 11.1. The first-order valence-corrected chi connectivity index (χ1v) is 7.24. The summed E-state index contributed by atoms with van der Waals surface area (Å²) in [5.41, 5.74) is 1.31. The molecule has 0 amide bonds. The van der Waals surface area contributed by atoms with Crippen LogP contribution in [0.5, 0.6) is 0 Å². The highest BCUT2D eigenvalue weighted by atomic mass is 32.1. The first kappa shape index (κ1) is 12.1. The summed E-state index contributed by atoms with van der Waals surface area (Å²) in [4.78, 5) is 4.58. The lowest BCUT2D eigenvalue weighted by molar-refractivity contribution is 0.398. The summed E-state index contributed by atoms with van der Waals surface area (Å²) in [5.74, 6) is 0.835. The molecule has 16 heavy (non-hydrogen) atoms. The monoisotopic (exact) mass is 238 g/mol. The van der Waals surface area contributed by atoms with E-state index < -0.39 is 0 Å². The molecule has 1 saturated carbocycles. The van der Waals surface area contributed by atoms with Crippen molar-refractivity contribution in [3.8, 4) is 0 Å². The van der Waals surface area contributed by atoms with Gasteiger partial charge in [-0.3, -0.25) is 0 Å². The van der Waals surface area contributed by atoms with Crippen LogP contribution in [0.15, 0.2) is 5.38 Å². The van der Waals surface area contributed by atoms with Gasteiger partial charge in [-0.2, -0.15) is 0 Å².